The zero-order valence-electron chi connectivity index (χ0n) is 9.68. The number of rotatable bonds is 3. The third kappa shape index (κ3) is 3.07. The van der Waals surface area contributed by atoms with Crippen molar-refractivity contribution in [2.24, 2.45) is 0 Å². The fourth-order valence-corrected chi connectivity index (χ4v) is 2.27. The topological polar surface area (TPSA) is 52.6 Å². The molecule has 0 saturated carbocycles. The maximum atomic E-state index is 12.1. The van der Waals surface area contributed by atoms with Crippen LogP contribution in [0.15, 0.2) is 24.3 Å². The second-order valence-electron chi connectivity index (χ2n) is 3.99. The van der Waals surface area contributed by atoms with E-state index in [-0.39, 0.29) is 0 Å². The zero-order valence-corrected chi connectivity index (χ0v) is 10.5. The van der Waals surface area contributed by atoms with Crippen LogP contribution in [0, 0.1) is 0 Å². The van der Waals surface area contributed by atoms with E-state index in [1.807, 2.05) is 6.07 Å². The SMILES string of the molecule is O=S(=O)(OCC1OCCc2ccccc21)C(F)(F)F. The minimum atomic E-state index is -5.58. The maximum absolute atomic E-state index is 12.1. The Labute approximate surface area is 108 Å². The molecule has 0 saturated heterocycles. The van der Waals surface area contributed by atoms with E-state index in [1.54, 1.807) is 18.2 Å². The molecule has 0 amide bonds. The Bertz CT molecular complexity index is 553. The highest BCUT2D eigenvalue weighted by atomic mass is 32.2. The van der Waals surface area contributed by atoms with Gasteiger partial charge in [0.25, 0.3) is 0 Å². The third-order valence-corrected chi connectivity index (χ3v) is 3.76. The molecule has 1 aliphatic heterocycles. The van der Waals surface area contributed by atoms with Crippen molar-refractivity contribution in [3.63, 3.8) is 0 Å². The van der Waals surface area contributed by atoms with Gasteiger partial charge in [0.15, 0.2) is 0 Å². The van der Waals surface area contributed by atoms with Crippen LogP contribution in [0.4, 0.5) is 13.2 Å². The standard InChI is InChI=1S/C11H11F3O4S/c12-11(13,14)19(15,16)18-7-10-9-4-2-1-3-8(9)5-6-17-10/h1-4,10H,5-7H2. The van der Waals surface area contributed by atoms with Crippen LogP contribution in [0.3, 0.4) is 0 Å². The lowest BCUT2D eigenvalue weighted by atomic mass is 9.98. The zero-order chi connectivity index (χ0) is 14.1. The lowest BCUT2D eigenvalue weighted by molar-refractivity contribution is -0.0596. The molecule has 0 bridgehead atoms. The molecule has 2 rings (SSSR count). The number of benzene rings is 1. The van der Waals surface area contributed by atoms with E-state index in [0.29, 0.717) is 18.6 Å². The fourth-order valence-electron chi connectivity index (χ4n) is 1.83. The van der Waals surface area contributed by atoms with Crippen LogP contribution in [0.1, 0.15) is 17.2 Å². The van der Waals surface area contributed by atoms with Gasteiger partial charge in [0.2, 0.25) is 0 Å². The first-order chi connectivity index (χ1) is 8.81. The summed E-state index contributed by atoms with van der Waals surface area (Å²) in [6, 6.07) is 7.01. The summed E-state index contributed by atoms with van der Waals surface area (Å²) in [4.78, 5) is 0. The molecular weight excluding hydrogens is 285 g/mol. The molecule has 0 N–H and O–H groups in total. The summed E-state index contributed by atoms with van der Waals surface area (Å²) in [6.07, 6.45) is -0.166. The summed E-state index contributed by atoms with van der Waals surface area (Å²) in [7, 11) is -5.58. The van der Waals surface area contributed by atoms with Crippen molar-refractivity contribution in [1.29, 1.82) is 0 Å². The van der Waals surface area contributed by atoms with Crippen LogP contribution in [0.25, 0.3) is 0 Å². The second kappa shape index (κ2) is 5.10. The smallest absolute Gasteiger partial charge is 0.371 e. The second-order valence-corrected chi connectivity index (χ2v) is 5.60. The molecule has 19 heavy (non-hydrogen) atoms. The average molecular weight is 296 g/mol. The molecule has 1 heterocycles. The van der Waals surface area contributed by atoms with E-state index < -0.39 is 28.3 Å². The van der Waals surface area contributed by atoms with Crippen molar-refractivity contribution in [3.8, 4) is 0 Å². The monoisotopic (exact) mass is 296 g/mol. The Balaban J connectivity index is 2.11. The van der Waals surface area contributed by atoms with Gasteiger partial charge in [0, 0.05) is 0 Å². The van der Waals surface area contributed by atoms with Gasteiger partial charge in [-0.3, -0.25) is 4.18 Å². The van der Waals surface area contributed by atoms with E-state index in [1.165, 1.54) is 0 Å². The number of hydrogen-bond donors (Lipinski definition) is 0. The summed E-state index contributed by atoms with van der Waals surface area (Å²) in [5.74, 6) is 0. The molecule has 0 aliphatic carbocycles. The van der Waals surface area contributed by atoms with Crippen LogP contribution in [-0.2, 0) is 25.5 Å². The largest absolute Gasteiger partial charge is 0.523 e. The van der Waals surface area contributed by atoms with Crippen LogP contribution in [-0.4, -0.2) is 27.1 Å². The molecule has 1 aliphatic rings. The molecule has 1 unspecified atom stereocenters. The summed E-state index contributed by atoms with van der Waals surface area (Å²) in [5.41, 5.74) is -3.83. The summed E-state index contributed by atoms with van der Waals surface area (Å²) in [5, 5.41) is 0. The molecule has 0 fully saturated rings. The number of alkyl halides is 3. The first kappa shape index (κ1) is 14.3. The van der Waals surface area contributed by atoms with Crippen molar-refractivity contribution in [1.82, 2.24) is 0 Å². The van der Waals surface area contributed by atoms with Gasteiger partial charge in [0.1, 0.15) is 6.10 Å². The Hall–Kier alpha value is -1.12. The van der Waals surface area contributed by atoms with E-state index in [4.69, 9.17) is 4.74 Å². The van der Waals surface area contributed by atoms with Gasteiger partial charge in [-0.2, -0.15) is 21.6 Å². The van der Waals surface area contributed by atoms with Crippen LogP contribution in [0.5, 0.6) is 0 Å². The Morgan fingerprint density at radius 3 is 2.68 bits per heavy atom. The molecule has 1 aromatic carbocycles. The van der Waals surface area contributed by atoms with E-state index in [0.717, 1.165) is 5.56 Å². The van der Waals surface area contributed by atoms with Gasteiger partial charge in [-0.1, -0.05) is 24.3 Å². The molecule has 4 nitrogen and oxygen atoms in total. The Morgan fingerprint density at radius 2 is 2.00 bits per heavy atom. The summed E-state index contributed by atoms with van der Waals surface area (Å²) < 4.78 is 67.3. The lowest BCUT2D eigenvalue weighted by Crippen LogP contribution is -2.29. The number of ether oxygens (including phenoxy) is 1. The van der Waals surface area contributed by atoms with Crippen LogP contribution in [0.2, 0.25) is 0 Å². The molecule has 1 aromatic rings. The molecule has 1 atom stereocenters. The Morgan fingerprint density at radius 1 is 1.32 bits per heavy atom. The van der Waals surface area contributed by atoms with Crippen molar-refractivity contribution < 1.29 is 30.5 Å². The van der Waals surface area contributed by atoms with Crippen LogP contribution >= 0.6 is 0 Å². The molecule has 106 valence electrons. The maximum Gasteiger partial charge on any atom is 0.523 e. The Kier molecular flexibility index (Phi) is 3.84. The highest BCUT2D eigenvalue weighted by molar-refractivity contribution is 7.87. The van der Waals surface area contributed by atoms with E-state index in [2.05, 4.69) is 4.18 Å². The minimum absolute atomic E-state index is 0.317. The van der Waals surface area contributed by atoms with Gasteiger partial charge in [-0.05, 0) is 17.5 Å². The van der Waals surface area contributed by atoms with Crippen molar-refractivity contribution in [2.45, 2.75) is 18.0 Å². The number of hydrogen-bond acceptors (Lipinski definition) is 4. The summed E-state index contributed by atoms with van der Waals surface area (Å²) in [6.45, 7) is -0.365. The van der Waals surface area contributed by atoms with Gasteiger partial charge >= 0.3 is 15.6 Å². The molecule has 8 heteroatoms. The predicted molar refractivity (Wildman–Crippen MR) is 59.8 cm³/mol. The van der Waals surface area contributed by atoms with Gasteiger partial charge in [-0.15, -0.1) is 0 Å². The lowest BCUT2D eigenvalue weighted by Gasteiger charge is -2.25. The summed E-state index contributed by atoms with van der Waals surface area (Å²) >= 11 is 0. The first-order valence-electron chi connectivity index (χ1n) is 5.46. The molecule has 0 spiro atoms. The minimum Gasteiger partial charge on any atom is -0.371 e. The normalized spacial score (nSPS) is 20.1. The first-order valence-corrected chi connectivity index (χ1v) is 6.87. The van der Waals surface area contributed by atoms with Gasteiger partial charge in [-0.25, -0.2) is 0 Å². The van der Waals surface area contributed by atoms with Crippen LogP contribution < -0.4 is 0 Å². The molecule has 0 aromatic heterocycles. The van der Waals surface area contributed by atoms with E-state index in [9.17, 15) is 21.6 Å². The molecule has 0 radical (unpaired) electrons. The van der Waals surface area contributed by atoms with E-state index >= 15 is 0 Å². The average Bonchev–Trinajstić information content (AvgIpc) is 2.35. The number of fused-ring (bicyclic) bond motifs is 1. The molecular formula is C11H11F3O4S. The van der Waals surface area contributed by atoms with Crippen molar-refractivity contribution in [3.05, 3.63) is 35.4 Å². The highest BCUT2D eigenvalue weighted by Crippen LogP contribution is 2.30. The predicted octanol–water partition coefficient (Wildman–Crippen LogP) is 2.17. The van der Waals surface area contributed by atoms with Gasteiger partial charge in [0.05, 0.1) is 13.2 Å². The van der Waals surface area contributed by atoms with Crippen molar-refractivity contribution in [2.75, 3.05) is 13.2 Å². The fraction of sp³-hybridized carbons (Fsp3) is 0.455. The van der Waals surface area contributed by atoms with Crippen molar-refractivity contribution >= 4 is 10.1 Å². The quantitative estimate of drug-likeness (QED) is 0.633. The number of halogens is 3. The third-order valence-electron chi connectivity index (χ3n) is 2.75. The van der Waals surface area contributed by atoms with Gasteiger partial charge < -0.3 is 4.74 Å². The highest BCUT2D eigenvalue weighted by Gasteiger charge is 2.47.